The summed E-state index contributed by atoms with van der Waals surface area (Å²) in [7, 11) is 0. The summed E-state index contributed by atoms with van der Waals surface area (Å²) in [5, 5.41) is 11.4. The van der Waals surface area contributed by atoms with Crippen molar-refractivity contribution < 1.29 is 8.83 Å². The van der Waals surface area contributed by atoms with Gasteiger partial charge in [-0.3, -0.25) is 0 Å². The average Bonchev–Trinajstić information content (AvgIpc) is 3.81. The number of para-hydroxylation sites is 1. The molecule has 0 atom stereocenters. The van der Waals surface area contributed by atoms with Crippen molar-refractivity contribution in [2.24, 2.45) is 0 Å². The average molecular weight is 689 g/mol. The minimum atomic E-state index is 0.841. The lowest BCUT2D eigenvalue weighted by Crippen LogP contribution is -1.91. The Hall–Kier alpha value is -7.16. The van der Waals surface area contributed by atoms with E-state index in [-0.39, 0.29) is 0 Å². The van der Waals surface area contributed by atoms with Crippen molar-refractivity contribution in [3.8, 4) is 22.3 Å². The molecular formula is C52H32O2. The maximum atomic E-state index is 6.86. The van der Waals surface area contributed by atoms with E-state index in [0.29, 0.717) is 0 Å². The molecule has 0 fully saturated rings. The molecular weight excluding hydrogens is 657 g/mol. The molecule has 0 radical (unpaired) electrons. The molecule has 11 aromatic rings. The second-order valence-corrected chi connectivity index (χ2v) is 14.0. The summed E-state index contributed by atoms with van der Waals surface area (Å²) >= 11 is 0. The quantitative estimate of drug-likeness (QED) is 0.102. The highest BCUT2D eigenvalue weighted by molar-refractivity contribution is 6.34. The van der Waals surface area contributed by atoms with Gasteiger partial charge in [-0.25, -0.2) is 0 Å². The molecule has 0 aliphatic rings. The Labute approximate surface area is 311 Å². The molecule has 2 heteroatoms. The number of furan rings is 2. The van der Waals surface area contributed by atoms with Crippen molar-refractivity contribution in [3.63, 3.8) is 0 Å². The van der Waals surface area contributed by atoms with Gasteiger partial charge in [0.2, 0.25) is 0 Å². The summed E-state index contributed by atoms with van der Waals surface area (Å²) in [6.07, 6.45) is 4.15. The molecule has 2 nitrogen and oxygen atoms in total. The lowest BCUT2D eigenvalue weighted by molar-refractivity contribution is 0.665. The molecule has 0 amide bonds. The SMILES string of the molecule is C=C/C(=C\c1cccc(-c2c3ccccc3c(-c3ccc4c(c3)oc3c5ccccc5c5c6ccccc6oc5c43)c3ccccc23)c1)c1ccccc1. The first-order valence-corrected chi connectivity index (χ1v) is 18.4. The third kappa shape index (κ3) is 4.54. The van der Waals surface area contributed by atoms with E-state index in [9.17, 15) is 0 Å². The fraction of sp³-hybridized carbons (Fsp3) is 0. The van der Waals surface area contributed by atoms with Gasteiger partial charge in [0.1, 0.15) is 22.3 Å². The Balaban J connectivity index is 1.15. The van der Waals surface area contributed by atoms with E-state index >= 15 is 0 Å². The Morgan fingerprint density at radius 3 is 1.65 bits per heavy atom. The number of hydrogen-bond acceptors (Lipinski definition) is 2. The van der Waals surface area contributed by atoms with Crippen LogP contribution in [0.1, 0.15) is 11.1 Å². The van der Waals surface area contributed by atoms with Crippen molar-refractivity contribution in [1.29, 1.82) is 0 Å². The van der Waals surface area contributed by atoms with Gasteiger partial charge >= 0.3 is 0 Å². The van der Waals surface area contributed by atoms with Crippen LogP contribution in [0, 0.1) is 0 Å². The van der Waals surface area contributed by atoms with Crippen LogP contribution < -0.4 is 0 Å². The number of fused-ring (bicyclic) bond motifs is 12. The molecule has 2 aromatic heterocycles. The van der Waals surface area contributed by atoms with E-state index in [1.807, 2.05) is 24.3 Å². The molecule has 252 valence electrons. The largest absolute Gasteiger partial charge is 0.455 e. The van der Waals surface area contributed by atoms with Crippen LogP contribution in [-0.4, -0.2) is 0 Å². The van der Waals surface area contributed by atoms with Gasteiger partial charge in [-0.1, -0.05) is 158 Å². The highest BCUT2D eigenvalue weighted by Gasteiger charge is 2.22. The summed E-state index contributed by atoms with van der Waals surface area (Å²) in [6, 6.07) is 60.4. The van der Waals surface area contributed by atoms with Crippen LogP contribution in [0.2, 0.25) is 0 Å². The number of hydrogen-bond donors (Lipinski definition) is 0. The van der Waals surface area contributed by atoms with Crippen LogP contribution in [0.3, 0.4) is 0 Å². The van der Waals surface area contributed by atoms with Crippen LogP contribution >= 0.6 is 0 Å². The van der Waals surface area contributed by atoms with E-state index < -0.39 is 0 Å². The molecule has 0 aliphatic heterocycles. The van der Waals surface area contributed by atoms with Crippen molar-refractivity contribution in [2.75, 3.05) is 0 Å². The van der Waals surface area contributed by atoms with Crippen LogP contribution in [0.25, 0.3) is 110 Å². The third-order valence-corrected chi connectivity index (χ3v) is 11.0. The molecule has 11 rings (SSSR count). The van der Waals surface area contributed by atoms with E-state index in [1.165, 1.54) is 38.2 Å². The Morgan fingerprint density at radius 1 is 0.407 bits per heavy atom. The van der Waals surface area contributed by atoms with E-state index in [4.69, 9.17) is 8.83 Å². The standard InChI is InChI=1S/C52H32O2/c1-2-33(34-16-4-3-5-17-34)29-32-15-14-18-35(30-32)47-37-19-6-8-21-39(37)48(40-22-9-7-20-38(40)47)36-27-28-44-46(31-36)54-51-42-24-11-10-23-41(42)49-43-25-12-13-26-45(43)53-52(49)50(44)51/h2-31H,1H2/b33-29+. The molecule has 0 bridgehead atoms. The van der Waals surface area contributed by atoms with Crippen LogP contribution in [0.15, 0.2) is 191 Å². The van der Waals surface area contributed by atoms with Gasteiger partial charge in [-0.2, -0.15) is 0 Å². The summed E-state index contributed by atoms with van der Waals surface area (Å²) < 4.78 is 13.5. The first kappa shape index (κ1) is 30.5. The van der Waals surface area contributed by atoms with Gasteiger partial charge < -0.3 is 8.83 Å². The number of rotatable bonds is 5. The van der Waals surface area contributed by atoms with Crippen molar-refractivity contribution >= 4 is 87.8 Å². The fourth-order valence-corrected chi connectivity index (χ4v) is 8.66. The monoisotopic (exact) mass is 688 g/mol. The van der Waals surface area contributed by atoms with Gasteiger partial charge in [0.05, 0.1) is 5.39 Å². The lowest BCUT2D eigenvalue weighted by atomic mass is 9.85. The predicted octanol–water partition coefficient (Wildman–Crippen LogP) is 15.0. The summed E-state index contributed by atoms with van der Waals surface area (Å²) in [5.41, 5.74) is 11.5. The first-order valence-electron chi connectivity index (χ1n) is 18.4. The first-order chi connectivity index (χ1) is 26.7. The molecule has 0 spiro atoms. The normalized spacial score (nSPS) is 12.3. The maximum absolute atomic E-state index is 6.86. The van der Waals surface area contributed by atoms with E-state index in [2.05, 4.69) is 164 Å². The molecule has 0 aliphatic carbocycles. The fourth-order valence-electron chi connectivity index (χ4n) is 8.66. The molecule has 0 saturated carbocycles. The maximum Gasteiger partial charge on any atom is 0.147 e. The smallest absolute Gasteiger partial charge is 0.147 e. The molecule has 54 heavy (non-hydrogen) atoms. The molecule has 0 unspecified atom stereocenters. The second kappa shape index (κ2) is 11.9. The van der Waals surface area contributed by atoms with Gasteiger partial charge in [-0.15, -0.1) is 0 Å². The molecule has 9 aromatic carbocycles. The number of benzene rings is 9. The molecule has 2 heterocycles. The Kier molecular flexibility index (Phi) is 6.74. The van der Waals surface area contributed by atoms with E-state index in [0.717, 1.165) is 76.9 Å². The Bertz CT molecular complexity index is 3280. The highest BCUT2D eigenvalue weighted by atomic mass is 16.3. The van der Waals surface area contributed by atoms with Gasteiger partial charge in [-0.05, 0) is 96.2 Å². The summed E-state index contributed by atoms with van der Waals surface area (Å²) in [4.78, 5) is 0. The van der Waals surface area contributed by atoms with Crippen LogP contribution in [-0.2, 0) is 0 Å². The van der Waals surface area contributed by atoms with Crippen molar-refractivity contribution in [3.05, 3.63) is 194 Å². The third-order valence-electron chi connectivity index (χ3n) is 11.0. The van der Waals surface area contributed by atoms with Crippen LogP contribution in [0.4, 0.5) is 0 Å². The molecule has 0 N–H and O–H groups in total. The summed E-state index contributed by atoms with van der Waals surface area (Å²) in [5.74, 6) is 0. The zero-order valence-corrected chi connectivity index (χ0v) is 29.3. The zero-order chi connectivity index (χ0) is 35.8. The van der Waals surface area contributed by atoms with Crippen molar-refractivity contribution in [1.82, 2.24) is 0 Å². The minimum absolute atomic E-state index is 0.841. The Morgan fingerprint density at radius 2 is 0.963 bits per heavy atom. The molecule has 0 saturated heterocycles. The van der Waals surface area contributed by atoms with Gasteiger partial charge in [0.25, 0.3) is 0 Å². The topological polar surface area (TPSA) is 26.3 Å². The second-order valence-electron chi connectivity index (χ2n) is 14.0. The number of allylic oxidation sites excluding steroid dienone is 2. The summed E-state index contributed by atoms with van der Waals surface area (Å²) in [6.45, 7) is 4.12. The van der Waals surface area contributed by atoms with Gasteiger partial charge in [0, 0.05) is 21.5 Å². The zero-order valence-electron chi connectivity index (χ0n) is 29.3. The van der Waals surface area contributed by atoms with Crippen LogP contribution in [0.5, 0.6) is 0 Å². The van der Waals surface area contributed by atoms with E-state index in [1.54, 1.807) is 0 Å². The minimum Gasteiger partial charge on any atom is -0.455 e. The van der Waals surface area contributed by atoms with Crippen molar-refractivity contribution in [2.45, 2.75) is 0 Å². The van der Waals surface area contributed by atoms with Gasteiger partial charge in [0.15, 0.2) is 0 Å². The lowest BCUT2D eigenvalue weighted by Gasteiger charge is -2.18. The predicted molar refractivity (Wildman–Crippen MR) is 229 cm³/mol. The highest BCUT2D eigenvalue weighted by Crippen LogP contribution is 2.48.